The van der Waals surface area contributed by atoms with E-state index in [2.05, 4.69) is 15.6 Å². The van der Waals surface area contributed by atoms with Crippen LogP contribution in [0.1, 0.15) is 21.6 Å². The first kappa shape index (κ1) is 22.8. The number of para-hydroxylation sites is 1. The van der Waals surface area contributed by atoms with Gasteiger partial charge < -0.3 is 19.8 Å². The molecule has 3 rings (SSSR count). The van der Waals surface area contributed by atoms with Crippen molar-refractivity contribution >= 4 is 36.4 Å². The summed E-state index contributed by atoms with van der Waals surface area (Å²) in [6.45, 7) is 3.62. The van der Waals surface area contributed by atoms with E-state index in [0.29, 0.717) is 24.5 Å². The van der Waals surface area contributed by atoms with Gasteiger partial charge in [-0.15, -0.1) is 24.8 Å². The number of pyridine rings is 1. The number of aromatic nitrogens is 2. The van der Waals surface area contributed by atoms with Crippen LogP contribution in [0.4, 0.5) is 0 Å². The fourth-order valence-electron chi connectivity index (χ4n) is 2.60. The Hall–Kier alpha value is -2.28. The number of rotatable bonds is 7. The molecule has 27 heavy (non-hydrogen) atoms. The molecule has 2 heterocycles. The highest BCUT2D eigenvalue weighted by atomic mass is 35.5. The molecule has 0 aliphatic carbocycles. The number of nitrogens with one attached hydrogen (secondary N) is 2. The Bertz CT molecular complexity index is 883. The summed E-state index contributed by atoms with van der Waals surface area (Å²) in [5.41, 5.74) is 3.37. The molecule has 0 saturated carbocycles. The number of benzene rings is 1. The molecule has 3 aromatic rings. The first-order valence-electron chi connectivity index (χ1n) is 8.27. The average molecular weight is 411 g/mol. The summed E-state index contributed by atoms with van der Waals surface area (Å²) in [7, 11) is 1.85. The lowest BCUT2D eigenvalue weighted by atomic mass is 10.2. The number of aryl methyl sites for hydroxylation is 1. The van der Waals surface area contributed by atoms with Crippen LogP contribution in [0.3, 0.4) is 0 Å². The van der Waals surface area contributed by atoms with Gasteiger partial charge in [0.1, 0.15) is 18.0 Å². The van der Waals surface area contributed by atoms with Crippen molar-refractivity contribution in [3.05, 3.63) is 65.6 Å². The number of hydrogen-bond donors (Lipinski definition) is 2. The van der Waals surface area contributed by atoms with Crippen LogP contribution >= 0.6 is 24.8 Å². The fraction of sp³-hybridized carbons (Fsp3) is 0.263. The topological polar surface area (TPSA) is 67.7 Å². The Morgan fingerprint density at radius 3 is 2.67 bits per heavy atom. The molecule has 6 nitrogen and oxygen atoms in total. The SMILES string of the molecule is CNCCNC(=O)c1ccccc1OCc1cn2cccc(C)c2n1.Cl.Cl. The molecule has 0 bridgehead atoms. The van der Waals surface area contributed by atoms with E-state index in [1.807, 2.05) is 55.0 Å². The smallest absolute Gasteiger partial charge is 0.255 e. The second-order valence-electron chi connectivity index (χ2n) is 5.80. The monoisotopic (exact) mass is 410 g/mol. The minimum Gasteiger partial charge on any atom is -0.486 e. The lowest BCUT2D eigenvalue weighted by Gasteiger charge is -2.10. The van der Waals surface area contributed by atoms with Crippen molar-refractivity contribution in [1.82, 2.24) is 20.0 Å². The zero-order valence-electron chi connectivity index (χ0n) is 15.3. The van der Waals surface area contributed by atoms with Gasteiger partial charge in [-0.1, -0.05) is 18.2 Å². The maximum atomic E-state index is 12.3. The van der Waals surface area contributed by atoms with Crippen LogP contribution in [0.5, 0.6) is 5.75 Å². The van der Waals surface area contributed by atoms with Gasteiger partial charge in [0.05, 0.1) is 11.3 Å². The van der Waals surface area contributed by atoms with E-state index in [9.17, 15) is 4.79 Å². The number of fused-ring (bicyclic) bond motifs is 1. The number of likely N-dealkylation sites (N-methyl/N-ethyl adjacent to an activating group) is 1. The lowest BCUT2D eigenvalue weighted by Crippen LogP contribution is -2.30. The highest BCUT2D eigenvalue weighted by Crippen LogP contribution is 2.19. The van der Waals surface area contributed by atoms with E-state index in [4.69, 9.17) is 4.74 Å². The Morgan fingerprint density at radius 1 is 1.15 bits per heavy atom. The van der Waals surface area contributed by atoms with Crippen molar-refractivity contribution in [2.45, 2.75) is 13.5 Å². The molecular weight excluding hydrogens is 387 g/mol. The molecule has 0 saturated heterocycles. The molecule has 1 amide bonds. The molecule has 0 fully saturated rings. The van der Waals surface area contributed by atoms with Gasteiger partial charge in [0, 0.05) is 25.5 Å². The minimum atomic E-state index is -0.142. The van der Waals surface area contributed by atoms with Crippen LogP contribution in [0, 0.1) is 6.92 Å². The summed E-state index contributed by atoms with van der Waals surface area (Å²) in [6.07, 6.45) is 3.90. The molecule has 8 heteroatoms. The second-order valence-corrected chi connectivity index (χ2v) is 5.80. The van der Waals surface area contributed by atoms with Crippen LogP contribution in [-0.4, -0.2) is 35.4 Å². The maximum absolute atomic E-state index is 12.3. The maximum Gasteiger partial charge on any atom is 0.255 e. The first-order chi connectivity index (χ1) is 12.2. The molecular formula is C19H24Cl2N4O2. The highest BCUT2D eigenvalue weighted by molar-refractivity contribution is 5.96. The third-order valence-corrected chi connectivity index (χ3v) is 3.90. The summed E-state index contributed by atoms with van der Waals surface area (Å²) in [4.78, 5) is 16.9. The highest BCUT2D eigenvalue weighted by Gasteiger charge is 2.12. The van der Waals surface area contributed by atoms with Gasteiger partial charge in [0.15, 0.2) is 0 Å². The molecule has 2 N–H and O–H groups in total. The van der Waals surface area contributed by atoms with Gasteiger partial charge >= 0.3 is 0 Å². The number of carbonyl (C=O) groups excluding carboxylic acids is 1. The largest absolute Gasteiger partial charge is 0.486 e. The average Bonchev–Trinajstić information content (AvgIpc) is 3.05. The van der Waals surface area contributed by atoms with Gasteiger partial charge in [-0.25, -0.2) is 4.98 Å². The number of amides is 1. The van der Waals surface area contributed by atoms with Crippen LogP contribution < -0.4 is 15.4 Å². The van der Waals surface area contributed by atoms with Crippen LogP contribution in [0.2, 0.25) is 0 Å². The third-order valence-electron chi connectivity index (χ3n) is 3.90. The number of ether oxygens (including phenoxy) is 1. The molecule has 2 aromatic heterocycles. The molecule has 0 atom stereocenters. The zero-order chi connectivity index (χ0) is 17.6. The van der Waals surface area contributed by atoms with E-state index in [-0.39, 0.29) is 30.7 Å². The van der Waals surface area contributed by atoms with Crippen LogP contribution in [-0.2, 0) is 6.61 Å². The Morgan fingerprint density at radius 2 is 1.93 bits per heavy atom. The predicted octanol–water partition coefficient (Wildman–Crippen LogP) is 3.01. The molecule has 0 unspecified atom stereocenters. The second kappa shape index (κ2) is 10.8. The van der Waals surface area contributed by atoms with Gasteiger partial charge in [0.2, 0.25) is 0 Å². The van der Waals surface area contributed by atoms with E-state index in [1.54, 1.807) is 12.1 Å². The quantitative estimate of drug-likeness (QED) is 0.587. The lowest BCUT2D eigenvalue weighted by molar-refractivity contribution is 0.0949. The minimum absolute atomic E-state index is 0. The number of hydrogen-bond acceptors (Lipinski definition) is 4. The standard InChI is InChI=1S/C19H22N4O2.2ClH/c1-14-6-5-11-23-12-15(22-18(14)23)13-25-17-8-4-3-7-16(17)19(24)21-10-9-20-2;;/h3-8,11-12,20H,9-10,13H2,1-2H3,(H,21,24);2*1H. The molecule has 0 aliphatic heterocycles. The summed E-state index contributed by atoms with van der Waals surface area (Å²) in [5.74, 6) is 0.412. The van der Waals surface area contributed by atoms with E-state index >= 15 is 0 Å². The van der Waals surface area contributed by atoms with Crippen molar-refractivity contribution in [3.8, 4) is 5.75 Å². The third kappa shape index (κ3) is 5.60. The van der Waals surface area contributed by atoms with Crippen molar-refractivity contribution in [1.29, 1.82) is 0 Å². The van der Waals surface area contributed by atoms with Crippen molar-refractivity contribution in [2.75, 3.05) is 20.1 Å². The molecule has 0 aliphatic rings. The Labute approximate surface area is 171 Å². The Kier molecular flexibility index (Phi) is 9.08. The zero-order valence-corrected chi connectivity index (χ0v) is 16.9. The predicted molar refractivity (Wildman–Crippen MR) is 111 cm³/mol. The van der Waals surface area contributed by atoms with Gasteiger partial charge in [-0.2, -0.15) is 0 Å². The summed E-state index contributed by atoms with van der Waals surface area (Å²) in [5, 5.41) is 5.86. The van der Waals surface area contributed by atoms with E-state index in [1.165, 1.54) is 0 Å². The molecule has 0 radical (unpaired) electrons. The van der Waals surface area contributed by atoms with E-state index < -0.39 is 0 Å². The fourth-order valence-corrected chi connectivity index (χ4v) is 2.60. The van der Waals surface area contributed by atoms with Crippen molar-refractivity contribution < 1.29 is 9.53 Å². The molecule has 0 spiro atoms. The van der Waals surface area contributed by atoms with Crippen molar-refractivity contribution in [3.63, 3.8) is 0 Å². The number of imidazole rings is 1. The number of halogens is 2. The normalized spacial score (nSPS) is 10.0. The Balaban J connectivity index is 0.00000182. The number of carbonyl (C=O) groups is 1. The summed E-state index contributed by atoms with van der Waals surface area (Å²) in [6, 6.07) is 11.3. The molecule has 1 aromatic carbocycles. The van der Waals surface area contributed by atoms with Gasteiger partial charge in [0.25, 0.3) is 5.91 Å². The van der Waals surface area contributed by atoms with Gasteiger partial charge in [-0.3, -0.25) is 4.79 Å². The number of nitrogens with zero attached hydrogens (tertiary/aromatic N) is 2. The summed E-state index contributed by atoms with van der Waals surface area (Å²) < 4.78 is 7.84. The first-order valence-corrected chi connectivity index (χ1v) is 8.27. The van der Waals surface area contributed by atoms with Crippen molar-refractivity contribution in [2.24, 2.45) is 0 Å². The summed E-state index contributed by atoms with van der Waals surface area (Å²) >= 11 is 0. The van der Waals surface area contributed by atoms with E-state index in [0.717, 1.165) is 23.4 Å². The van der Waals surface area contributed by atoms with Gasteiger partial charge in [-0.05, 0) is 37.7 Å². The van der Waals surface area contributed by atoms with Crippen LogP contribution in [0.25, 0.3) is 5.65 Å². The molecule has 146 valence electrons. The van der Waals surface area contributed by atoms with Crippen LogP contribution in [0.15, 0.2) is 48.8 Å².